The molecular weight excluding hydrogens is 1350 g/mol. The highest BCUT2D eigenvalue weighted by Gasteiger charge is 2.29. The zero-order valence-corrected chi connectivity index (χ0v) is 69.4. The van der Waals surface area contributed by atoms with Crippen LogP contribution in [0.1, 0.15) is 299 Å². The third-order valence-corrected chi connectivity index (χ3v) is 18.8. The first-order valence-electron chi connectivity index (χ1n) is 39.0. The summed E-state index contributed by atoms with van der Waals surface area (Å²) in [6, 6.07) is 40.6. The molecule has 0 unspecified atom stereocenters. The third-order valence-electron chi connectivity index (χ3n) is 18.8. The Morgan fingerprint density at radius 2 is 0.833 bits per heavy atom. The van der Waals surface area contributed by atoms with Gasteiger partial charge in [0.05, 0.1) is 5.69 Å². The summed E-state index contributed by atoms with van der Waals surface area (Å²) in [5.74, 6) is 1.85. The molecule has 0 spiro atoms. The standard InChI is InChI=1S/C12H15NO.C11H15NO.C11H13NO.C11H17NO.C10H16N2O.C10H15NO.C9H13NO.C8H11NO.C7H13NO/c1-9(2)13-8-7-10-5-3-4-6-11(10)12(13)14;1-8(2)12-7-3-4-10(11(12)13)9-5-6-9;1-8(2)12-7-9-5-3-4-6-10(9)11(12)13;1-8(2)10-6-5-7-12(9(3)4)11(10)13;1-7(2)9-5-6-12(8(3)4)10(13)11-9;1-4-9-6-5-7-11(8(2)3)10(9)12;1-7(2)10-6-4-5-8(3)9(10)11;1-7(2)9-6-4-3-5-8(9)10;1-6(2)8-5-3-4-7(8)9/h3-6,9H,7-8H2,1-2H3;3-4,7-9H,5-6H2,1-2H3;3-6,8H,7H2,1-2H3;5-9H,1-4H3;5-8H,1-4H3;5-8H,4H2,1-3H3;4-7H,1-3H3;3-7H,1-2H3;6H,3-5H2,1-2H3. The highest BCUT2D eigenvalue weighted by Crippen LogP contribution is 2.38. The van der Waals surface area contributed by atoms with Gasteiger partial charge < -0.3 is 37.5 Å². The van der Waals surface area contributed by atoms with Crippen LogP contribution in [0.3, 0.4) is 0 Å². The molecule has 0 radical (unpaired) electrons. The van der Waals surface area contributed by atoms with Gasteiger partial charge >= 0.3 is 5.69 Å². The number of aryl methyl sites for hydroxylation is 2. The number of benzene rings is 2. The van der Waals surface area contributed by atoms with E-state index in [1.807, 2.05) is 298 Å². The van der Waals surface area contributed by atoms with Crippen molar-refractivity contribution < 1.29 is 14.4 Å². The molecule has 0 atom stereocenters. The van der Waals surface area contributed by atoms with E-state index in [0.717, 1.165) is 90.0 Å². The first kappa shape index (κ1) is 90.9. The van der Waals surface area contributed by atoms with Crippen molar-refractivity contribution in [3.8, 4) is 0 Å². The van der Waals surface area contributed by atoms with E-state index in [1.54, 1.807) is 41.2 Å². The summed E-state index contributed by atoms with van der Waals surface area (Å²) in [5.41, 5.74) is 9.10. The van der Waals surface area contributed by atoms with Crippen molar-refractivity contribution in [2.24, 2.45) is 0 Å². The zero-order chi connectivity index (χ0) is 81.0. The molecule has 12 rings (SSSR count). The summed E-state index contributed by atoms with van der Waals surface area (Å²) >= 11 is 0. The number of amides is 3. The molecule has 9 heterocycles. The number of rotatable bonds is 13. The van der Waals surface area contributed by atoms with E-state index in [0.29, 0.717) is 41.8 Å². The number of likely N-dealkylation sites (tertiary alicyclic amines) is 1. The second kappa shape index (κ2) is 44.1. The lowest BCUT2D eigenvalue weighted by molar-refractivity contribution is -0.129. The molecule has 4 aliphatic rings. The smallest absolute Gasteiger partial charge is 0.340 e. The van der Waals surface area contributed by atoms with Crippen LogP contribution in [0.25, 0.3) is 0 Å². The van der Waals surface area contributed by atoms with Crippen LogP contribution in [0.2, 0.25) is 0 Å². The van der Waals surface area contributed by atoms with Gasteiger partial charge in [0.2, 0.25) is 5.91 Å². The number of carbonyl (C=O) groups is 3. The molecule has 1 aliphatic carbocycles. The van der Waals surface area contributed by atoms with Crippen LogP contribution in [0.4, 0.5) is 0 Å². The first-order valence-corrected chi connectivity index (χ1v) is 39.0. The Hall–Kier alpha value is -9.52. The highest BCUT2D eigenvalue weighted by molar-refractivity contribution is 5.98. The summed E-state index contributed by atoms with van der Waals surface area (Å²) in [6.45, 7) is 51.0. The average Bonchev–Trinajstić information content (AvgIpc) is 1.55. The predicted molar refractivity (Wildman–Crippen MR) is 442 cm³/mol. The summed E-state index contributed by atoms with van der Waals surface area (Å²) in [4.78, 5) is 114. The van der Waals surface area contributed by atoms with Gasteiger partial charge in [0.25, 0.3) is 39.6 Å². The van der Waals surface area contributed by atoms with Gasteiger partial charge in [-0.3, -0.25) is 42.9 Å². The van der Waals surface area contributed by atoms with Crippen molar-refractivity contribution in [3.05, 3.63) is 271 Å². The van der Waals surface area contributed by atoms with Crippen molar-refractivity contribution in [1.29, 1.82) is 0 Å². The van der Waals surface area contributed by atoms with E-state index in [1.165, 1.54) is 18.4 Å². The predicted octanol–water partition coefficient (Wildman–Crippen LogP) is 17.1. The van der Waals surface area contributed by atoms with Crippen LogP contribution in [-0.4, -0.2) is 96.0 Å². The largest absolute Gasteiger partial charge is 0.348 e. The summed E-state index contributed by atoms with van der Waals surface area (Å²) in [5, 5.41) is 0. The minimum absolute atomic E-state index is 0.0671. The van der Waals surface area contributed by atoms with Crippen molar-refractivity contribution in [2.75, 3.05) is 13.1 Å². The van der Waals surface area contributed by atoms with Crippen LogP contribution in [0.5, 0.6) is 0 Å². The molecule has 1 saturated heterocycles. The van der Waals surface area contributed by atoms with Crippen molar-refractivity contribution in [3.63, 3.8) is 0 Å². The van der Waals surface area contributed by atoms with Crippen LogP contribution in [0, 0.1) is 6.92 Å². The Morgan fingerprint density at radius 3 is 1.27 bits per heavy atom. The second-order valence-electron chi connectivity index (χ2n) is 31.0. The summed E-state index contributed by atoms with van der Waals surface area (Å²) in [6.07, 6.45) is 17.0. The minimum Gasteiger partial charge on any atom is -0.340 e. The topological polar surface area (TPSA) is 206 Å². The van der Waals surface area contributed by atoms with Gasteiger partial charge in [-0.1, -0.05) is 101 Å². The molecule has 3 amide bonds. The SMILES string of the molecule is CC(C)N1CCCC1=O.CC(C)N1CCc2ccccc2C1=O.CC(C)N1Cc2ccccc2C1=O.CC(C)c1cccn(C(C)C)c1=O.CC(C)c1ccn(C(C)C)c(=O)n1.CC(C)n1cccc(C2CC2)c1=O.CC(C)n1ccccc1=O.CCc1cccn(C(C)C)c1=O.Cc1cccn(C(C)C)c1=O. The number of nitrogens with zero attached hydrogens (tertiary/aromatic N) is 10. The van der Waals surface area contributed by atoms with E-state index in [-0.39, 0.29) is 81.6 Å². The molecule has 2 aromatic carbocycles. The maximum atomic E-state index is 12.0. The van der Waals surface area contributed by atoms with Crippen molar-refractivity contribution in [1.82, 2.24) is 47.1 Å². The Kier molecular flexibility index (Phi) is 37.1. The Bertz CT molecular complexity index is 4400. The molecule has 2 fully saturated rings. The molecule has 108 heavy (non-hydrogen) atoms. The summed E-state index contributed by atoms with van der Waals surface area (Å²) in [7, 11) is 0. The maximum absolute atomic E-state index is 12.0. The Labute approximate surface area is 643 Å². The number of hydrogen-bond donors (Lipinski definition) is 0. The minimum atomic E-state index is -0.152. The lowest BCUT2D eigenvalue weighted by Gasteiger charge is -2.31. The van der Waals surface area contributed by atoms with E-state index in [9.17, 15) is 43.2 Å². The maximum Gasteiger partial charge on any atom is 0.348 e. The van der Waals surface area contributed by atoms with Crippen LogP contribution in [0.15, 0.2) is 187 Å². The fourth-order valence-electron chi connectivity index (χ4n) is 12.1. The molecule has 19 nitrogen and oxygen atoms in total. The molecule has 3 aliphatic heterocycles. The summed E-state index contributed by atoms with van der Waals surface area (Å²) < 4.78 is 10.4. The first-order chi connectivity index (χ1) is 50.9. The number of fused-ring (bicyclic) bond motifs is 2. The van der Waals surface area contributed by atoms with Gasteiger partial charge in [0, 0.05) is 157 Å². The number of carbonyl (C=O) groups excluding carboxylic acids is 3. The van der Waals surface area contributed by atoms with Gasteiger partial charge in [-0.2, -0.15) is 4.98 Å². The molecule has 1 saturated carbocycles. The van der Waals surface area contributed by atoms with Gasteiger partial charge in [0.15, 0.2) is 0 Å². The average molecular weight is 1480 g/mol. The van der Waals surface area contributed by atoms with Crippen LogP contribution in [-0.2, 0) is 24.2 Å². The molecular formula is C89H128N10O9. The monoisotopic (exact) mass is 1480 g/mol. The molecule has 19 heteroatoms. The number of pyridine rings is 5. The van der Waals surface area contributed by atoms with Crippen LogP contribution >= 0.6 is 0 Å². The van der Waals surface area contributed by atoms with Gasteiger partial charge in [0.1, 0.15) is 0 Å². The highest BCUT2D eigenvalue weighted by atomic mass is 16.2. The zero-order valence-electron chi connectivity index (χ0n) is 69.4. The molecule has 6 aromatic heterocycles. The third kappa shape index (κ3) is 27.0. The molecule has 0 N–H and O–H groups in total. The van der Waals surface area contributed by atoms with Crippen molar-refractivity contribution in [2.45, 2.75) is 283 Å². The van der Waals surface area contributed by atoms with Gasteiger partial charge in [-0.15, -0.1) is 0 Å². The van der Waals surface area contributed by atoms with Gasteiger partial charge in [-0.25, -0.2) is 4.79 Å². The fraction of sp³-hybridized carbons (Fsp3) is 0.506. The second-order valence-corrected chi connectivity index (χ2v) is 31.0. The van der Waals surface area contributed by atoms with Crippen LogP contribution < -0.4 is 33.5 Å². The normalized spacial score (nSPS) is 13.5. The number of hydrogen-bond acceptors (Lipinski definition) is 10. The van der Waals surface area contributed by atoms with E-state index < -0.39 is 0 Å². The van der Waals surface area contributed by atoms with E-state index >= 15 is 0 Å². The quantitative estimate of drug-likeness (QED) is 0.107. The van der Waals surface area contributed by atoms with Crippen molar-refractivity contribution >= 4 is 17.7 Å². The molecule has 588 valence electrons. The van der Waals surface area contributed by atoms with E-state index in [2.05, 4.69) is 32.7 Å². The fourth-order valence-corrected chi connectivity index (χ4v) is 12.1. The molecule has 8 aromatic rings. The number of aromatic nitrogens is 7. The van der Waals surface area contributed by atoms with Gasteiger partial charge in [-0.05, 0) is 241 Å². The lowest BCUT2D eigenvalue weighted by Crippen LogP contribution is -2.41. The van der Waals surface area contributed by atoms with E-state index in [4.69, 9.17) is 0 Å². The molecule has 0 bridgehead atoms. The Morgan fingerprint density at radius 1 is 0.380 bits per heavy atom. The lowest BCUT2D eigenvalue weighted by atomic mass is 9.98. The Balaban J connectivity index is 0.000000257.